The van der Waals surface area contributed by atoms with Crippen LogP contribution in [-0.2, 0) is 20.9 Å². The van der Waals surface area contributed by atoms with Gasteiger partial charge in [0.15, 0.2) is 0 Å². The van der Waals surface area contributed by atoms with E-state index < -0.39 is 5.97 Å². The van der Waals surface area contributed by atoms with Crippen LogP contribution in [0.25, 0.3) is 0 Å². The Balaban J connectivity index is 2.50. The molecule has 0 aromatic carbocycles. The molecule has 0 spiro atoms. The topological polar surface area (TPSA) is 99.0 Å². The minimum atomic E-state index is -0.448. The average Bonchev–Trinajstić information content (AvgIpc) is 2.72. The SMILES string of the molecule is COC(=O)Cn1nnnc1SCC(=O)NC(C)C. The van der Waals surface area contributed by atoms with Crippen molar-refractivity contribution in [3.05, 3.63) is 0 Å². The van der Waals surface area contributed by atoms with Crippen LogP contribution in [0.4, 0.5) is 0 Å². The number of tetrazole rings is 1. The summed E-state index contributed by atoms with van der Waals surface area (Å²) in [4.78, 5) is 22.5. The second-order valence-electron chi connectivity index (χ2n) is 3.71. The van der Waals surface area contributed by atoms with E-state index in [-0.39, 0.29) is 24.2 Å². The molecule has 1 rings (SSSR count). The van der Waals surface area contributed by atoms with Crippen LogP contribution in [0.15, 0.2) is 5.16 Å². The summed E-state index contributed by atoms with van der Waals surface area (Å²) in [5.74, 6) is -0.363. The number of carbonyl (C=O) groups is 2. The van der Waals surface area contributed by atoms with Crippen LogP contribution >= 0.6 is 11.8 Å². The van der Waals surface area contributed by atoms with E-state index in [1.807, 2.05) is 13.8 Å². The lowest BCUT2D eigenvalue weighted by molar-refractivity contribution is -0.141. The van der Waals surface area contributed by atoms with E-state index in [4.69, 9.17) is 0 Å². The van der Waals surface area contributed by atoms with Crippen molar-refractivity contribution in [2.45, 2.75) is 31.6 Å². The maximum atomic E-state index is 11.4. The number of thioether (sulfide) groups is 1. The molecule has 0 aliphatic heterocycles. The summed E-state index contributed by atoms with van der Waals surface area (Å²) < 4.78 is 5.80. The van der Waals surface area contributed by atoms with Gasteiger partial charge in [0.2, 0.25) is 11.1 Å². The maximum Gasteiger partial charge on any atom is 0.327 e. The summed E-state index contributed by atoms with van der Waals surface area (Å²) in [5, 5.41) is 14.0. The van der Waals surface area contributed by atoms with E-state index in [9.17, 15) is 9.59 Å². The Hall–Kier alpha value is -1.64. The van der Waals surface area contributed by atoms with Crippen LogP contribution in [0, 0.1) is 0 Å². The molecule has 0 atom stereocenters. The first-order valence-electron chi connectivity index (χ1n) is 5.28. The van der Waals surface area contributed by atoms with Gasteiger partial charge in [0, 0.05) is 6.04 Å². The van der Waals surface area contributed by atoms with Crippen molar-refractivity contribution >= 4 is 23.6 Å². The minimum Gasteiger partial charge on any atom is -0.468 e. The van der Waals surface area contributed by atoms with Gasteiger partial charge in [-0.05, 0) is 24.3 Å². The number of esters is 1. The zero-order valence-corrected chi connectivity index (χ0v) is 11.2. The molecule has 0 unspecified atom stereocenters. The number of aromatic nitrogens is 4. The number of amides is 1. The fourth-order valence-electron chi connectivity index (χ4n) is 1.08. The molecule has 0 aliphatic carbocycles. The van der Waals surface area contributed by atoms with E-state index in [1.54, 1.807) is 0 Å². The van der Waals surface area contributed by atoms with Gasteiger partial charge in [-0.15, -0.1) is 5.10 Å². The van der Waals surface area contributed by atoms with Gasteiger partial charge in [0.05, 0.1) is 12.9 Å². The molecule has 1 aromatic heterocycles. The Kier molecular flexibility index (Phi) is 5.56. The summed E-state index contributed by atoms with van der Waals surface area (Å²) in [5.41, 5.74) is 0. The monoisotopic (exact) mass is 273 g/mol. The van der Waals surface area contributed by atoms with Crippen LogP contribution < -0.4 is 5.32 Å². The van der Waals surface area contributed by atoms with E-state index >= 15 is 0 Å². The van der Waals surface area contributed by atoms with E-state index in [0.717, 1.165) is 11.8 Å². The summed E-state index contributed by atoms with van der Waals surface area (Å²) in [6.07, 6.45) is 0. The molecule has 0 saturated heterocycles. The lowest BCUT2D eigenvalue weighted by Crippen LogP contribution is -2.31. The second kappa shape index (κ2) is 6.94. The van der Waals surface area contributed by atoms with Crippen LogP contribution in [0.3, 0.4) is 0 Å². The van der Waals surface area contributed by atoms with Crippen LogP contribution in [0.5, 0.6) is 0 Å². The normalized spacial score (nSPS) is 10.4. The van der Waals surface area contributed by atoms with Crippen molar-refractivity contribution in [1.82, 2.24) is 25.5 Å². The Bertz CT molecular complexity index is 420. The Labute approximate surface area is 108 Å². The fraction of sp³-hybridized carbons (Fsp3) is 0.667. The summed E-state index contributed by atoms with van der Waals surface area (Å²) in [6, 6.07) is 0.0872. The molecule has 0 saturated carbocycles. The molecule has 1 aromatic rings. The fourth-order valence-corrected chi connectivity index (χ4v) is 1.77. The molecular weight excluding hydrogens is 258 g/mol. The third-order valence-corrected chi connectivity index (χ3v) is 2.74. The molecule has 0 aliphatic rings. The van der Waals surface area contributed by atoms with Crippen molar-refractivity contribution < 1.29 is 14.3 Å². The maximum absolute atomic E-state index is 11.4. The smallest absolute Gasteiger partial charge is 0.327 e. The number of ether oxygens (including phenoxy) is 1. The van der Waals surface area contributed by atoms with Gasteiger partial charge >= 0.3 is 5.97 Å². The lowest BCUT2D eigenvalue weighted by Gasteiger charge is -2.07. The lowest BCUT2D eigenvalue weighted by atomic mass is 10.4. The molecule has 0 bridgehead atoms. The van der Waals surface area contributed by atoms with Crippen molar-refractivity contribution in [3.63, 3.8) is 0 Å². The van der Waals surface area contributed by atoms with Crippen molar-refractivity contribution in [2.75, 3.05) is 12.9 Å². The minimum absolute atomic E-state index is 0.0718. The van der Waals surface area contributed by atoms with Gasteiger partial charge in [0.25, 0.3) is 0 Å². The van der Waals surface area contributed by atoms with Crippen molar-refractivity contribution in [1.29, 1.82) is 0 Å². The zero-order chi connectivity index (χ0) is 13.5. The average molecular weight is 273 g/mol. The number of hydrogen-bond donors (Lipinski definition) is 1. The molecule has 8 nitrogen and oxygen atoms in total. The molecule has 0 fully saturated rings. The van der Waals surface area contributed by atoms with E-state index in [1.165, 1.54) is 11.8 Å². The van der Waals surface area contributed by atoms with Gasteiger partial charge in [0.1, 0.15) is 6.54 Å². The van der Waals surface area contributed by atoms with E-state index in [0.29, 0.717) is 5.16 Å². The number of methoxy groups -OCH3 is 1. The molecule has 1 heterocycles. The first-order chi connectivity index (χ1) is 8.52. The molecule has 0 radical (unpaired) electrons. The highest BCUT2D eigenvalue weighted by Crippen LogP contribution is 2.12. The number of nitrogens with one attached hydrogen (secondary N) is 1. The van der Waals surface area contributed by atoms with Gasteiger partial charge in [-0.1, -0.05) is 11.8 Å². The Morgan fingerprint density at radius 1 is 1.50 bits per heavy atom. The van der Waals surface area contributed by atoms with Gasteiger partial charge < -0.3 is 10.1 Å². The Morgan fingerprint density at radius 3 is 2.83 bits per heavy atom. The second-order valence-corrected chi connectivity index (χ2v) is 4.65. The van der Waals surface area contributed by atoms with Gasteiger partial charge in [-0.3, -0.25) is 9.59 Å². The first kappa shape index (κ1) is 14.4. The third-order valence-electron chi connectivity index (χ3n) is 1.79. The highest BCUT2D eigenvalue weighted by molar-refractivity contribution is 7.99. The van der Waals surface area contributed by atoms with Crippen LogP contribution in [0.1, 0.15) is 13.8 Å². The predicted octanol–water partition coefficient (Wildman–Crippen LogP) is -0.537. The first-order valence-corrected chi connectivity index (χ1v) is 6.26. The number of rotatable bonds is 6. The number of hydrogen-bond acceptors (Lipinski definition) is 7. The Morgan fingerprint density at radius 2 is 2.22 bits per heavy atom. The zero-order valence-electron chi connectivity index (χ0n) is 10.4. The van der Waals surface area contributed by atoms with Crippen molar-refractivity contribution in [2.24, 2.45) is 0 Å². The van der Waals surface area contributed by atoms with Crippen molar-refractivity contribution in [3.8, 4) is 0 Å². The molecule has 100 valence electrons. The van der Waals surface area contributed by atoms with Crippen LogP contribution in [0.2, 0.25) is 0 Å². The molecule has 1 N–H and O–H groups in total. The summed E-state index contributed by atoms with van der Waals surface area (Å²) in [6.45, 7) is 3.69. The third kappa shape index (κ3) is 4.70. The van der Waals surface area contributed by atoms with Crippen LogP contribution in [-0.4, -0.2) is 51.0 Å². The number of carbonyl (C=O) groups excluding carboxylic acids is 2. The van der Waals surface area contributed by atoms with E-state index in [2.05, 4.69) is 25.6 Å². The highest BCUT2D eigenvalue weighted by atomic mass is 32.2. The highest BCUT2D eigenvalue weighted by Gasteiger charge is 2.13. The summed E-state index contributed by atoms with van der Waals surface area (Å²) in [7, 11) is 1.29. The number of nitrogens with zero attached hydrogens (tertiary/aromatic N) is 4. The molecular formula is C9H15N5O3S. The predicted molar refractivity (Wildman–Crippen MR) is 63.8 cm³/mol. The standard InChI is InChI=1S/C9H15N5O3S/c1-6(2)10-7(15)5-18-9-11-12-13-14(9)4-8(16)17-3/h6H,4-5H2,1-3H3,(H,10,15). The molecule has 9 heteroatoms. The van der Waals surface area contributed by atoms with Gasteiger partial charge in [-0.2, -0.15) is 0 Å². The van der Waals surface area contributed by atoms with Gasteiger partial charge in [-0.25, -0.2) is 4.68 Å². The molecule has 18 heavy (non-hydrogen) atoms. The molecule has 1 amide bonds. The summed E-state index contributed by atoms with van der Waals surface area (Å²) >= 11 is 1.16. The largest absolute Gasteiger partial charge is 0.468 e. The quantitative estimate of drug-likeness (QED) is 0.549.